The van der Waals surface area contributed by atoms with Gasteiger partial charge < -0.3 is 5.32 Å². The fraction of sp³-hybridized carbons (Fsp3) is 0.818. The first-order valence-electron chi connectivity index (χ1n) is 5.75. The molecule has 2 rings (SSSR count). The lowest BCUT2D eigenvalue weighted by Gasteiger charge is -2.41. The number of fused-ring (bicyclic) bond motifs is 1. The van der Waals surface area contributed by atoms with Crippen molar-refractivity contribution in [1.82, 2.24) is 10.2 Å². The van der Waals surface area contributed by atoms with Crippen molar-refractivity contribution in [3.63, 3.8) is 0 Å². The van der Waals surface area contributed by atoms with Crippen molar-refractivity contribution in [2.45, 2.75) is 51.6 Å². The third-order valence-electron chi connectivity index (χ3n) is 3.36. The Morgan fingerprint density at radius 1 is 1.27 bits per heavy atom. The maximum Gasteiger partial charge on any atom is 0.324 e. The van der Waals surface area contributed by atoms with Crippen LogP contribution in [0.25, 0.3) is 0 Å². The smallest absolute Gasteiger partial charge is 0.324 e. The van der Waals surface area contributed by atoms with Crippen LogP contribution in [-0.4, -0.2) is 28.9 Å². The Balaban J connectivity index is 2.18. The van der Waals surface area contributed by atoms with E-state index in [-0.39, 0.29) is 29.9 Å². The Hall–Kier alpha value is -1.06. The van der Waals surface area contributed by atoms with Crippen molar-refractivity contribution in [2.24, 2.45) is 5.92 Å². The summed E-state index contributed by atoms with van der Waals surface area (Å²) in [4.78, 5) is 25.1. The topological polar surface area (TPSA) is 49.4 Å². The van der Waals surface area contributed by atoms with Gasteiger partial charge in [-0.25, -0.2) is 4.79 Å². The Kier molecular flexibility index (Phi) is 2.67. The summed E-state index contributed by atoms with van der Waals surface area (Å²) in [6.45, 7) is 3.75. The van der Waals surface area contributed by atoms with Gasteiger partial charge in [-0.05, 0) is 26.7 Å². The predicted molar refractivity (Wildman–Crippen MR) is 56.3 cm³/mol. The molecule has 1 N–H and O–H groups in total. The average molecular weight is 210 g/mol. The quantitative estimate of drug-likeness (QED) is 0.713. The van der Waals surface area contributed by atoms with Crippen molar-refractivity contribution >= 4 is 11.9 Å². The largest absolute Gasteiger partial charge is 0.334 e. The Labute approximate surface area is 90.0 Å². The highest BCUT2D eigenvalue weighted by atomic mass is 16.2. The van der Waals surface area contributed by atoms with E-state index in [0.717, 1.165) is 25.7 Å². The molecule has 1 aliphatic carbocycles. The van der Waals surface area contributed by atoms with E-state index in [2.05, 4.69) is 5.32 Å². The van der Waals surface area contributed by atoms with Crippen molar-refractivity contribution in [3.8, 4) is 0 Å². The summed E-state index contributed by atoms with van der Waals surface area (Å²) >= 11 is 0. The second kappa shape index (κ2) is 3.83. The summed E-state index contributed by atoms with van der Waals surface area (Å²) in [7, 11) is 0. The SMILES string of the molecule is CC(C)N1C(=O)NC2CCCCC2C1=O. The minimum Gasteiger partial charge on any atom is -0.334 e. The number of hydrogen-bond donors (Lipinski definition) is 1. The molecule has 0 aromatic carbocycles. The van der Waals surface area contributed by atoms with Gasteiger partial charge in [-0.1, -0.05) is 12.8 Å². The third-order valence-corrected chi connectivity index (χ3v) is 3.36. The molecule has 0 spiro atoms. The van der Waals surface area contributed by atoms with E-state index in [9.17, 15) is 9.59 Å². The van der Waals surface area contributed by atoms with E-state index in [1.165, 1.54) is 4.90 Å². The molecule has 1 saturated carbocycles. The zero-order valence-electron chi connectivity index (χ0n) is 9.32. The van der Waals surface area contributed by atoms with Crippen LogP contribution in [0.5, 0.6) is 0 Å². The predicted octanol–water partition coefficient (Wildman–Crippen LogP) is 1.51. The molecule has 2 aliphatic rings. The molecule has 84 valence electrons. The molecule has 15 heavy (non-hydrogen) atoms. The number of amides is 3. The molecule has 2 unspecified atom stereocenters. The fourth-order valence-electron chi connectivity index (χ4n) is 2.60. The van der Waals surface area contributed by atoms with Crippen molar-refractivity contribution < 1.29 is 9.59 Å². The molecule has 0 aromatic rings. The van der Waals surface area contributed by atoms with Crippen LogP contribution in [0.1, 0.15) is 39.5 Å². The van der Waals surface area contributed by atoms with Crippen molar-refractivity contribution in [2.75, 3.05) is 0 Å². The van der Waals surface area contributed by atoms with Crippen LogP contribution in [0, 0.1) is 5.92 Å². The van der Waals surface area contributed by atoms with E-state index < -0.39 is 0 Å². The molecular weight excluding hydrogens is 192 g/mol. The summed E-state index contributed by atoms with van der Waals surface area (Å²) in [5.74, 6) is 0.0531. The molecule has 0 bridgehead atoms. The second-order valence-corrected chi connectivity index (χ2v) is 4.75. The molecule has 0 radical (unpaired) electrons. The monoisotopic (exact) mass is 210 g/mol. The standard InChI is InChI=1S/C11H18N2O2/c1-7(2)13-10(14)8-5-3-4-6-9(8)12-11(13)15/h7-9H,3-6H2,1-2H3,(H,12,15). The zero-order valence-corrected chi connectivity index (χ0v) is 9.32. The highest BCUT2D eigenvalue weighted by Crippen LogP contribution is 2.29. The van der Waals surface area contributed by atoms with Crippen LogP contribution in [0.4, 0.5) is 4.79 Å². The number of carbonyl (C=O) groups excluding carboxylic acids is 2. The van der Waals surface area contributed by atoms with Crippen molar-refractivity contribution in [3.05, 3.63) is 0 Å². The molecule has 4 heteroatoms. The van der Waals surface area contributed by atoms with E-state index in [1.54, 1.807) is 0 Å². The van der Waals surface area contributed by atoms with Crippen LogP contribution >= 0.6 is 0 Å². The minimum atomic E-state index is -0.210. The van der Waals surface area contributed by atoms with E-state index in [4.69, 9.17) is 0 Å². The van der Waals surface area contributed by atoms with Gasteiger partial charge in [0.25, 0.3) is 0 Å². The number of imide groups is 1. The van der Waals surface area contributed by atoms with Gasteiger partial charge in [0.1, 0.15) is 0 Å². The second-order valence-electron chi connectivity index (χ2n) is 4.75. The van der Waals surface area contributed by atoms with Crippen LogP contribution in [0.2, 0.25) is 0 Å². The van der Waals surface area contributed by atoms with Crippen LogP contribution in [0.3, 0.4) is 0 Å². The molecule has 1 saturated heterocycles. The lowest BCUT2D eigenvalue weighted by atomic mass is 9.82. The summed E-state index contributed by atoms with van der Waals surface area (Å²) in [6.07, 6.45) is 4.10. The van der Waals surface area contributed by atoms with E-state index in [0.29, 0.717) is 0 Å². The number of nitrogens with one attached hydrogen (secondary N) is 1. The lowest BCUT2D eigenvalue weighted by Crippen LogP contribution is -2.62. The summed E-state index contributed by atoms with van der Waals surface area (Å²) < 4.78 is 0. The van der Waals surface area contributed by atoms with Gasteiger partial charge in [0.2, 0.25) is 5.91 Å². The molecule has 3 amide bonds. The molecule has 4 nitrogen and oxygen atoms in total. The van der Waals surface area contributed by atoms with Crippen LogP contribution < -0.4 is 5.32 Å². The molecule has 1 aliphatic heterocycles. The molecule has 0 aromatic heterocycles. The number of urea groups is 1. The number of carbonyl (C=O) groups is 2. The average Bonchev–Trinajstić information content (AvgIpc) is 2.17. The van der Waals surface area contributed by atoms with Gasteiger partial charge in [-0.15, -0.1) is 0 Å². The first-order valence-corrected chi connectivity index (χ1v) is 5.75. The van der Waals surface area contributed by atoms with Gasteiger partial charge in [0.05, 0.1) is 5.92 Å². The Morgan fingerprint density at radius 3 is 2.60 bits per heavy atom. The minimum absolute atomic E-state index is 0.0263. The summed E-state index contributed by atoms with van der Waals surface area (Å²) in [6, 6.07) is -0.160. The number of rotatable bonds is 1. The Bertz CT molecular complexity index is 288. The molecule has 1 heterocycles. The number of hydrogen-bond acceptors (Lipinski definition) is 2. The molecule has 2 atom stereocenters. The van der Waals surface area contributed by atoms with Gasteiger partial charge in [-0.3, -0.25) is 9.69 Å². The lowest BCUT2D eigenvalue weighted by molar-refractivity contribution is -0.137. The normalized spacial score (nSPS) is 31.5. The zero-order chi connectivity index (χ0) is 11.0. The van der Waals surface area contributed by atoms with Gasteiger partial charge in [0, 0.05) is 12.1 Å². The molecule has 2 fully saturated rings. The summed E-state index contributed by atoms with van der Waals surface area (Å²) in [5.41, 5.74) is 0. The van der Waals surface area contributed by atoms with Crippen molar-refractivity contribution in [1.29, 1.82) is 0 Å². The fourth-order valence-corrected chi connectivity index (χ4v) is 2.60. The van der Waals surface area contributed by atoms with Gasteiger partial charge >= 0.3 is 6.03 Å². The van der Waals surface area contributed by atoms with E-state index >= 15 is 0 Å². The summed E-state index contributed by atoms with van der Waals surface area (Å²) in [5, 5.41) is 2.95. The first-order chi connectivity index (χ1) is 7.11. The van der Waals surface area contributed by atoms with Crippen LogP contribution in [-0.2, 0) is 4.79 Å². The highest BCUT2D eigenvalue weighted by molar-refractivity contribution is 5.99. The number of nitrogens with zero attached hydrogens (tertiary/aromatic N) is 1. The first kappa shape index (κ1) is 10.5. The van der Waals surface area contributed by atoms with Gasteiger partial charge in [0.15, 0.2) is 0 Å². The highest BCUT2D eigenvalue weighted by Gasteiger charge is 2.42. The maximum atomic E-state index is 12.1. The molecular formula is C11H18N2O2. The maximum absolute atomic E-state index is 12.1. The Morgan fingerprint density at radius 2 is 1.93 bits per heavy atom. The third kappa shape index (κ3) is 1.73. The van der Waals surface area contributed by atoms with Crippen LogP contribution in [0.15, 0.2) is 0 Å². The van der Waals surface area contributed by atoms with E-state index in [1.807, 2.05) is 13.8 Å². The van der Waals surface area contributed by atoms with Gasteiger partial charge in [-0.2, -0.15) is 0 Å².